The molecule has 2 aliphatic heterocycles. The Bertz CT molecular complexity index is 724. The monoisotopic (exact) mass is 381 g/mol. The molecule has 0 aliphatic carbocycles. The van der Waals surface area contributed by atoms with Crippen molar-refractivity contribution in [2.24, 2.45) is 5.92 Å². The van der Waals surface area contributed by atoms with Crippen molar-refractivity contribution in [1.82, 2.24) is 9.29 Å². The standard InChI is InChI=1S/C18H27N3O4S/c1-2-25-18(22)15-8-13-20(14-9-15)17-16(7-6-10-19-17)26(23,24)21-11-4-3-5-12-21/h6-7,10,15H,2-5,8-9,11-14H2,1H3. The van der Waals surface area contributed by atoms with Crippen LogP contribution in [0.25, 0.3) is 0 Å². The van der Waals surface area contributed by atoms with E-state index in [-0.39, 0.29) is 16.8 Å². The second-order valence-corrected chi connectivity index (χ2v) is 8.71. The highest BCUT2D eigenvalue weighted by Crippen LogP contribution is 2.30. The predicted octanol–water partition coefficient (Wildman–Crippen LogP) is 2.04. The Kier molecular flexibility index (Phi) is 6.13. The van der Waals surface area contributed by atoms with E-state index in [1.165, 1.54) is 0 Å². The van der Waals surface area contributed by atoms with Crippen molar-refractivity contribution in [2.75, 3.05) is 37.7 Å². The van der Waals surface area contributed by atoms with Gasteiger partial charge in [0.15, 0.2) is 0 Å². The number of anilines is 1. The molecule has 2 aliphatic rings. The Morgan fingerprint density at radius 2 is 1.88 bits per heavy atom. The normalized spacial score (nSPS) is 20.1. The highest BCUT2D eigenvalue weighted by Gasteiger charge is 2.33. The average molecular weight is 381 g/mol. The maximum Gasteiger partial charge on any atom is 0.309 e. The fourth-order valence-corrected chi connectivity index (χ4v) is 5.33. The van der Waals surface area contributed by atoms with Crippen LogP contribution in [0.2, 0.25) is 0 Å². The first kappa shape index (κ1) is 19.1. The molecule has 3 rings (SSSR count). The second kappa shape index (κ2) is 8.35. The quantitative estimate of drug-likeness (QED) is 0.726. The van der Waals surface area contributed by atoms with Crippen molar-refractivity contribution in [2.45, 2.75) is 43.9 Å². The van der Waals surface area contributed by atoms with Gasteiger partial charge in [0.2, 0.25) is 10.0 Å². The number of pyridine rings is 1. The van der Waals surface area contributed by atoms with Crippen molar-refractivity contribution in [3.05, 3.63) is 18.3 Å². The highest BCUT2D eigenvalue weighted by atomic mass is 32.2. The number of carbonyl (C=O) groups is 1. The Balaban J connectivity index is 1.77. The van der Waals surface area contributed by atoms with Crippen molar-refractivity contribution in [3.8, 4) is 0 Å². The Labute approximate surface area is 155 Å². The van der Waals surface area contributed by atoms with Gasteiger partial charge in [0.05, 0.1) is 12.5 Å². The summed E-state index contributed by atoms with van der Waals surface area (Å²) in [5.41, 5.74) is 0. The van der Waals surface area contributed by atoms with Gasteiger partial charge in [0.25, 0.3) is 0 Å². The zero-order valence-electron chi connectivity index (χ0n) is 15.3. The summed E-state index contributed by atoms with van der Waals surface area (Å²) in [4.78, 5) is 18.5. The summed E-state index contributed by atoms with van der Waals surface area (Å²) in [6.45, 7) is 4.53. The average Bonchev–Trinajstić information content (AvgIpc) is 2.69. The van der Waals surface area contributed by atoms with Gasteiger partial charge >= 0.3 is 5.97 Å². The van der Waals surface area contributed by atoms with Crippen LogP contribution >= 0.6 is 0 Å². The molecular formula is C18H27N3O4S. The van der Waals surface area contributed by atoms with Crippen molar-refractivity contribution in [1.29, 1.82) is 0 Å². The molecule has 0 radical (unpaired) electrons. The number of ether oxygens (including phenoxy) is 1. The number of rotatable bonds is 5. The molecule has 3 heterocycles. The van der Waals surface area contributed by atoms with Crippen LogP contribution in [0.15, 0.2) is 23.2 Å². The Morgan fingerprint density at radius 1 is 1.19 bits per heavy atom. The van der Waals surface area contributed by atoms with E-state index in [4.69, 9.17) is 4.74 Å². The number of hydrogen-bond donors (Lipinski definition) is 0. The van der Waals surface area contributed by atoms with E-state index in [9.17, 15) is 13.2 Å². The molecule has 0 bridgehead atoms. The highest BCUT2D eigenvalue weighted by molar-refractivity contribution is 7.89. The molecule has 0 saturated carbocycles. The number of nitrogens with zero attached hydrogens (tertiary/aromatic N) is 3. The molecule has 0 aromatic carbocycles. The summed E-state index contributed by atoms with van der Waals surface area (Å²) < 4.78 is 32.9. The number of hydrogen-bond acceptors (Lipinski definition) is 6. The lowest BCUT2D eigenvalue weighted by molar-refractivity contribution is -0.148. The Hall–Kier alpha value is -1.67. The molecular weight excluding hydrogens is 354 g/mol. The molecule has 2 fully saturated rings. The number of piperidine rings is 2. The molecule has 26 heavy (non-hydrogen) atoms. The maximum absolute atomic E-state index is 13.1. The first-order chi connectivity index (χ1) is 12.5. The van der Waals surface area contributed by atoms with Crippen LogP contribution < -0.4 is 4.90 Å². The molecule has 2 saturated heterocycles. The SMILES string of the molecule is CCOC(=O)C1CCN(c2ncccc2S(=O)(=O)N2CCCCC2)CC1. The predicted molar refractivity (Wildman–Crippen MR) is 98.4 cm³/mol. The molecule has 0 N–H and O–H groups in total. The zero-order valence-corrected chi connectivity index (χ0v) is 16.1. The smallest absolute Gasteiger partial charge is 0.309 e. The summed E-state index contributed by atoms with van der Waals surface area (Å²) in [5, 5.41) is 0. The lowest BCUT2D eigenvalue weighted by Crippen LogP contribution is -2.40. The van der Waals surface area contributed by atoms with Crippen LogP contribution in [0.3, 0.4) is 0 Å². The molecule has 0 amide bonds. The molecule has 7 nitrogen and oxygen atoms in total. The van der Waals surface area contributed by atoms with E-state index >= 15 is 0 Å². The van der Waals surface area contributed by atoms with Crippen molar-refractivity contribution >= 4 is 21.8 Å². The molecule has 1 aromatic rings. The molecule has 1 aromatic heterocycles. The minimum absolute atomic E-state index is 0.114. The third kappa shape index (κ3) is 4.01. The molecule has 144 valence electrons. The zero-order chi connectivity index (χ0) is 18.6. The topological polar surface area (TPSA) is 79.8 Å². The number of sulfonamides is 1. The first-order valence-electron chi connectivity index (χ1n) is 9.40. The molecule has 8 heteroatoms. The molecule has 0 unspecified atom stereocenters. The van der Waals surface area contributed by atoms with Crippen molar-refractivity contribution < 1.29 is 17.9 Å². The van der Waals surface area contributed by atoms with Crippen molar-refractivity contribution in [3.63, 3.8) is 0 Å². The van der Waals surface area contributed by atoms with Gasteiger partial charge in [-0.25, -0.2) is 13.4 Å². The molecule has 0 spiro atoms. The maximum atomic E-state index is 13.1. The third-order valence-corrected chi connectivity index (χ3v) is 7.02. The summed E-state index contributed by atoms with van der Waals surface area (Å²) in [5.74, 6) is 0.228. The Morgan fingerprint density at radius 3 is 2.54 bits per heavy atom. The van der Waals surface area contributed by atoms with E-state index in [2.05, 4.69) is 4.98 Å². The minimum atomic E-state index is -3.54. The summed E-state index contributed by atoms with van der Waals surface area (Å²) in [6, 6.07) is 3.31. The number of aromatic nitrogens is 1. The van der Waals surface area contributed by atoms with E-state index in [0.29, 0.717) is 51.4 Å². The van der Waals surface area contributed by atoms with Gasteiger partial charge in [0, 0.05) is 32.4 Å². The van der Waals surface area contributed by atoms with Crippen LogP contribution in [0.4, 0.5) is 5.82 Å². The third-order valence-electron chi connectivity index (χ3n) is 5.10. The van der Waals surface area contributed by atoms with E-state index in [1.54, 1.807) is 29.6 Å². The van der Waals surface area contributed by atoms with Gasteiger partial charge in [-0.15, -0.1) is 0 Å². The summed E-state index contributed by atoms with van der Waals surface area (Å²) in [6.07, 6.45) is 5.81. The number of carbonyl (C=O) groups excluding carboxylic acids is 1. The lowest BCUT2D eigenvalue weighted by Gasteiger charge is -2.33. The van der Waals surface area contributed by atoms with Crippen LogP contribution in [0, 0.1) is 5.92 Å². The van der Waals surface area contributed by atoms with Crippen LogP contribution in [0.1, 0.15) is 39.0 Å². The van der Waals surface area contributed by atoms with Gasteiger partial charge < -0.3 is 9.64 Å². The van der Waals surface area contributed by atoms with Crippen LogP contribution in [-0.4, -0.2) is 56.5 Å². The van der Waals surface area contributed by atoms with Crippen LogP contribution in [0.5, 0.6) is 0 Å². The van der Waals surface area contributed by atoms with E-state index in [0.717, 1.165) is 19.3 Å². The second-order valence-electron chi connectivity index (χ2n) is 6.80. The van der Waals surface area contributed by atoms with Gasteiger partial charge in [0.1, 0.15) is 10.7 Å². The van der Waals surface area contributed by atoms with Crippen LogP contribution in [-0.2, 0) is 19.6 Å². The van der Waals surface area contributed by atoms with E-state index < -0.39 is 10.0 Å². The van der Waals surface area contributed by atoms with Gasteiger partial charge in [-0.3, -0.25) is 4.79 Å². The molecule has 0 atom stereocenters. The number of esters is 1. The largest absolute Gasteiger partial charge is 0.466 e. The minimum Gasteiger partial charge on any atom is -0.466 e. The summed E-state index contributed by atoms with van der Waals surface area (Å²) in [7, 11) is -3.54. The lowest BCUT2D eigenvalue weighted by atomic mass is 9.97. The fraction of sp³-hybridized carbons (Fsp3) is 0.667. The first-order valence-corrected chi connectivity index (χ1v) is 10.8. The van der Waals surface area contributed by atoms with Gasteiger partial charge in [-0.1, -0.05) is 6.42 Å². The summed E-state index contributed by atoms with van der Waals surface area (Å²) >= 11 is 0. The van der Waals surface area contributed by atoms with Gasteiger partial charge in [-0.2, -0.15) is 4.31 Å². The van der Waals surface area contributed by atoms with E-state index in [1.807, 2.05) is 4.90 Å². The van der Waals surface area contributed by atoms with Gasteiger partial charge in [-0.05, 0) is 44.7 Å². The fourth-order valence-electron chi connectivity index (χ4n) is 3.65.